The van der Waals surface area contributed by atoms with E-state index >= 15 is 0 Å². The van der Waals surface area contributed by atoms with Gasteiger partial charge in [-0.25, -0.2) is 8.42 Å². The topological polar surface area (TPSA) is 55.4 Å². The molecule has 3 rings (SSSR count). The van der Waals surface area contributed by atoms with Crippen molar-refractivity contribution in [3.05, 3.63) is 81.8 Å². The quantitative estimate of drug-likeness (QED) is 0.394. The second kappa shape index (κ2) is 9.22. The standard InChI is InChI=1S/C20H17BrClNO3S2/c1-26-19-11-10-16(12-17(19)21)28(24,25)23-18-4-2-3-5-20(18)27-13-14-6-8-15(22)9-7-14/h2-12,23H,13H2,1H3. The fourth-order valence-electron chi connectivity index (χ4n) is 2.44. The molecule has 0 spiro atoms. The number of hydrogen-bond acceptors (Lipinski definition) is 4. The van der Waals surface area contributed by atoms with Gasteiger partial charge in [-0.15, -0.1) is 11.8 Å². The summed E-state index contributed by atoms with van der Waals surface area (Å²) in [4.78, 5) is 0.992. The summed E-state index contributed by atoms with van der Waals surface area (Å²) < 4.78 is 34.1. The van der Waals surface area contributed by atoms with E-state index in [1.807, 2.05) is 36.4 Å². The van der Waals surface area contributed by atoms with Crippen LogP contribution in [0, 0.1) is 0 Å². The maximum atomic E-state index is 12.8. The van der Waals surface area contributed by atoms with Crippen LogP contribution >= 0.6 is 39.3 Å². The van der Waals surface area contributed by atoms with Crippen molar-refractivity contribution in [3.8, 4) is 5.75 Å². The van der Waals surface area contributed by atoms with Crippen molar-refractivity contribution in [2.45, 2.75) is 15.5 Å². The van der Waals surface area contributed by atoms with Crippen LogP contribution in [0.15, 0.2) is 81.0 Å². The van der Waals surface area contributed by atoms with Crippen molar-refractivity contribution in [3.63, 3.8) is 0 Å². The highest BCUT2D eigenvalue weighted by molar-refractivity contribution is 9.10. The summed E-state index contributed by atoms with van der Waals surface area (Å²) >= 11 is 10.8. The molecule has 146 valence electrons. The van der Waals surface area contributed by atoms with Gasteiger partial charge in [0.05, 0.1) is 22.2 Å². The molecule has 0 unspecified atom stereocenters. The van der Waals surface area contributed by atoms with E-state index in [1.165, 1.54) is 19.2 Å². The smallest absolute Gasteiger partial charge is 0.261 e. The van der Waals surface area contributed by atoms with E-state index in [9.17, 15) is 8.42 Å². The van der Waals surface area contributed by atoms with Crippen LogP contribution < -0.4 is 9.46 Å². The van der Waals surface area contributed by atoms with Gasteiger partial charge in [0.15, 0.2) is 0 Å². The van der Waals surface area contributed by atoms with Gasteiger partial charge in [0.2, 0.25) is 0 Å². The van der Waals surface area contributed by atoms with Crippen LogP contribution in [0.1, 0.15) is 5.56 Å². The maximum absolute atomic E-state index is 12.8. The van der Waals surface area contributed by atoms with Crippen LogP contribution in [-0.2, 0) is 15.8 Å². The Bertz CT molecular complexity index is 1070. The molecule has 3 aromatic carbocycles. The molecule has 1 N–H and O–H groups in total. The Kier molecular flexibility index (Phi) is 6.93. The molecule has 3 aromatic rings. The third-order valence-corrected chi connectivity index (χ3v) is 7.25. The van der Waals surface area contributed by atoms with E-state index in [4.69, 9.17) is 16.3 Å². The van der Waals surface area contributed by atoms with Crippen molar-refractivity contribution in [1.82, 2.24) is 0 Å². The largest absolute Gasteiger partial charge is 0.496 e. The monoisotopic (exact) mass is 497 g/mol. The molecule has 28 heavy (non-hydrogen) atoms. The molecular weight excluding hydrogens is 482 g/mol. The molecule has 0 amide bonds. The number of nitrogens with one attached hydrogen (secondary N) is 1. The van der Waals surface area contributed by atoms with Crippen molar-refractivity contribution in [2.75, 3.05) is 11.8 Å². The SMILES string of the molecule is COc1ccc(S(=O)(=O)Nc2ccccc2SCc2ccc(Cl)cc2)cc1Br. The number of hydrogen-bond donors (Lipinski definition) is 1. The summed E-state index contributed by atoms with van der Waals surface area (Å²) in [6.07, 6.45) is 0. The Hall–Kier alpha value is -1.67. The van der Waals surface area contributed by atoms with Crippen molar-refractivity contribution >= 4 is 55.0 Å². The first-order valence-corrected chi connectivity index (χ1v) is 11.9. The molecule has 0 aliphatic carbocycles. The van der Waals surface area contributed by atoms with E-state index in [0.29, 0.717) is 26.7 Å². The number of anilines is 1. The Balaban J connectivity index is 1.80. The number of sulfonamides is 1. The molecule has 4 nitrogen and oxygen atoms in total. The summed E-state index contributed by atoms with van der Waals surface area (Å²) in [5, 5.41) is 0.688. The van der Waals surface area contributed by atoms with Crippen LogP contribution in [-0.4, -0.2) is 15.5 Å². The Morgan fingerprint density at radius 3 is 2.46 bits per heavy atom. The van der Waals surface area contributed by atoms with Crippen molar-refractivity contribution in [1.29, 1.82) is 0 Å². The van der Waals surface area contributed by atoms with Gasteiger partial charge in [0.25, 0.3) is 10.0 Å². The number of methoxy groups -OCH3 is 1. The first-order chi connectivity index (χ1) is 13.4. The third-order valence-electron chi connectivity index (χ3n) is 3.87. The molecule has 0 bridgehead atoms. The van der Waals surface area contributed by atoms with Gasteiger partial charge >= 0.3 is 0 Å². The van der Waals surface area contributed by atoms with E-state index in [0.717, 1.165) is 10.5 Å². The van der Waals surface area contributed by atoms with Crippen LogP contribution in [0.4, 0.5) is 5.69 Å². The highest BCUT2D eigenvalue weighted by Crippen LogP contribution is 2.33. The number of ether oxygens (including phenoxy) is 1. The van der Waals surface area contributed by atoms with Gasteiger partial charge in [-0.05, 0) is 64.0 Å². The molecule has 0 saturated heterocycles. The number of para-hydroxylation sites is 1. The predicted molar refractivity (Wildman–Crippen MR) is 119 cm³/mol. The Morgan fingerprint density at radius 1 is 1.07 bits per heavy atom. The Morgan fingerprint density at radius 2 is 1.79 bits per heavy atom. The summed E-state index contributed by atoms with van der Waals surface area (Å²) in [5.74, 6) is 1.27. The minimum atomic E-state index is -3.74. The zero-order valence-electron chi connectivity index (χ0n) is 14.9. The van der Waals surface area contributed by atoms with Crippen molar-refractivity contribution in [2.24, 2.45) is 0 Å². The molecule has 0 heterocycles. The van der Waals surface area contributed by atoms with Gasteiger partial charge in [-0.3, -0.25) is 4.72 Å². The fraction of sp³-hybridized carbons (Fsp3) is 0.100. The molecule has 0 atom stereocenters. The second-order valence-electron chi connectivity index (χ2n) is 5.81. The van der Waals surface area contributed by atoms with E-state index in [-0.39, 0.29) is 4.90 Å². The molecule has 0 fully saturated rings. The molecule has 0 aliphatic heterocycles. The summed E-state index contributed by atoms with van der Waals surface area (Å²) in [6.45, 7) is 0. The van der Waals surface area contributed by atoms with Crippen molar-refractivity contribution < 1.29 is 13.2 Å². The minimum Gasteiger partial charge on any atom is -0.496 e. The van der Waals surface area contributed by atoms with Gasteiger partial charge in [-0.2, -0.15) is 0 Å². The molecule has 0 aliphatic rings. The third kappa shape index (κ3) is 5.23. The number of halogens is 2. The van der Waals surface area contributed by atoms with Crippen LogP contribution in [0.25, 0.3) is 0 Å². The number of thioether (sulfide) groups is 1. The van der Waals surface area contributed by atoms with E-state index in [2.05, 4.69) is 20.7 Å². The summed E-state index contributed by atoms with van der Waals surface area (Å²) in [7, 11) is -2.21. The normalized spacial score (nSPS) is 11.2. The first-order valence-electron chi connectivity index (χ1n) is 8.22. The lowest BCUT2D eigenvalue weighted by molar-refractivity contribution is 0.411. The zero-order valence-corrected chi connectivity index (χ0v) is 18.8. The lowest BCUT2D eigenvalue weighted by atomic mass is 10.2. The molecule has 0 aromatic heterocycles. The highest BCUT2D eigenvalue weighted by Gasteiger charge is 2.18. The zero-order chi connectivity index (χ0) is 20.1. The molecule has 8 heteroatoms. The first kappa shape index (κ1) is 21.0. The highest BCUT2D eigenvalue weighted by atomic mass is 79.9. The van der Waals surface area contributed by atoms with Gasteiger partial charge in [0.1, 0.15) is 5.75 Å². The second-order valence-corrected chi connectivity index (χ2v) is 9.80. The fourth-order valence-corrected chi connectivity index (χ4v) is 5.39. The van der Waals surface area contributed by atoms with Crippen LogP contribution in [0.2, 0.25) is 5.02 Å². The van der Waals surface area contributed by atoms with E-state index < -0.39 is 10.0 Å². The number of rotatable bonds is 7. The van der Waals surface area contributed by atoms with Gasteiger partial charge < -0.3 is 4.74 Å². The number of benzene rings is 3. The molecule has 0 radical (unpaired) electrons. The van der Waals surface area contributed by atoms with E-state index in [1.54, 1.807) is 30.0 Å². The molecular formula is C20H17BrClNO3S2. The lowest BCUT2D eigenvalue weighted by Crippen LogP contribution is -2.13. The summed E-state index contributed by atoms with van der Waals surface area (Å²) in [6, 6.07) is 19.6. The predicted octanol–water partition coefficient (Wildman–Crippen LogP) is 6.20. The average molecular weight is 499 g/mol. The Labute approximate surface area is 182 Å². The maximum Gasteiger partial charge on any atom is 0.261 e. The molecule has 0 saturated carbocycles. The lowest BCUT2D eigenvalue weighted by Gasteiger charge is -2.13. The summed E-state index contributed by atoms with van der Waals surface area (Å²) in [5.41, 5.74) is 1.64. The average Bonchev–Trinajstić information content (AvgIpc) is 2.68. The van der Waals surface area contributed by atoms with Gasteiger partial charge in [0, 0.05) is 15.7 Å². The minimum absolute atomic E-state index is 0.151. The van der Waals surface area contributed by atoms with Crippen LogP contribution in [0.5, 0.6) is 5.75 Å². The van der Waals surface area contributed by atoms with Gasteiger partial charge in [-0.1, -0.05) is 35.9 Å². The van der Waals surface area contributed by atoms with Crippen LogP contribution in [0.3, 0.4) is 0 Å².